The Labute approximate surface area is 136 Å². The molecule has 2 saturated heterocycles. The van der Waals surface area contributed by atoms with Crippen molar-refractivity contribution in [1.82, 2.24) is 9.80 Å². The molecule has 0 spiro atoms. The summed E-state index contributed by atoms with van der Waals surface area (Å²) in [5, 5.41) is 9.66. The third-order valence-electron chi connectivity index (χ3n) is 6.02. The number of carboxylic acid groups (broad SMARTS) is 1. The van der Waals surface area contributed by atoms with Crippen molar-refractivity contribution >= 4 is 17.8 Å². The van der Waals surface area contributed by atoms with Crippen LogP contribution in [0.1, 0.15) is 51.9 Å². The molecule has 0 radical (unpaired) electrons. The maximum atomic E-state index is 13.0. The van der Waals surface area contributed by atoms with E-state index < -0.39 is 11.4 Å². The Balaban J connectivity index is 1.75. The highest BCUT2D eigenvalue weighted by molar-refractivity contribution is 5.89. The van der Waals surface area contributed by atoms with Gasteiger partial charge in [0.15, 0.2) is 0 Å². The molecule has 6 nitrogen and oxygen atoms in total. The molecule has 0 aromatic rings. The Hall–Kier alpha value is -1.59. The highest BCUT2D eigenvalue weighted by Gasteiger charge is 2.56. The average molecular weight is 322 g/mol. The van der Waals surface area contributed by atoms with Crippen LogP contribution in [0.2, 0.25) is 0 Å². The fourth-order valence-electron chi connectivity index (χ4n) is 4.71. The number of fused-ring (bicyclic) bond motifs is 1. The lowest BCUT2D eigenvalue weighted by atomic mass is 9.81. The molecule has 3 fully saturated rings. The lowest BCUT2D eigenvalue weighted by Crippen LogP contribution is -2.53. The minimum Gasteiger partial charge on any atom is -0.481 e. The first-order chi connectivity index (χ1) is 11.0. The zero-order valence-corrected chi connectivity index (χ0v) is 13.8. The maximum absolute atomic E-state index is 13.0. The molecule has 2 heterocycles. The van der Waals surface area contributed by atoms with Gasteiger partial charge in [-0.25, -0.2) is 0 Å². The van der Waals surface area contributed by atoms with Gasteiger partial charge in [0.2, 0.25) is 11.8 Å². The van der Waals surface area contributed by atoms with Gasteiger partial charge < -0.3 is 14.9 Å². The van der Waals surface area contributed by atoms with Crippen molar-refractivity contribution in [1.29, 1.82) is 0 Å². The standard InChI is InChI=1S/C17H26N2O4/c1-2-14(20)19-9-4-3-7-13(19)15(21)18-10-12-6-5-8-17(12,11-18)16(22)23/h12-13H,2-11H2,1H3,(H,22,23)/t12-,13?,17+/m0/s1. The van der Waals surface area contributed by atoms with Crippen LogP contribution in [0, 0.1) is 11.3 Å². The smallest absolute Gasteiger partial charge is 0.311 e. The quantitative estimate of drug-likeness (QED) is 0.854. The molecule has 6 heteroatoms. The summed E-state index contributed by atoms with van der Waals surface area (Å²) < 4.78 is 0. The van der Waals surface area contributed by atoms with Crippen molar-refractivity contribution < 1.29 is 19.5 Å². The van der Waals surface area contributed by atoms with Gasteiger partial charge in [0.05, 0.1) is 5.41 Å². The van der Waals surface area contributed by atoms with Crippen molar-refractivity contribution in [2.24, 2.45) is 11.3 Å². The van der Waals surface area contributed by atoms with Crippen LogP contribution in [0.15, 0.2) is 0 Å². The number of rotatable bonds is 3. The van der Waals surface area contributed by atoms with Crippen molar-refractivity contribution in [3.63, 3.8) is 0 Å². The first-order valence-corrected chi connectivity index (χ1v) is 8.81. The molecule has 3 rings (SSSR count). The minimum absolute atomic E-state index is 0.0235. The summed E-state index contributed by atoms with van der Waals surface area (Å²) >= 11 is 0. The van der Waals surface area contributed by atoms with Gasteiger partial charge in [0.1, 0.15) is 6.04 Å². The average Bonchev–Trinajstić information content (AvgIpc) is 3.11. The predicted molar refractivity (Wildman–Crippen MR) is 83.6 cm³/mol. The van der Waals surface area contributed by atoms with E-state index in [0.717, 1.165) is 25.7 Å². The van der Waals surface area contributed by atoms with Crippen LogP contribution in [0.3, 0.4) is 0 Å². The zero-order valence-electron chi connectivity index (χ0n) is 13.8. The van der Waals surface area contributed by atoms with E-state index in [9.17, 15) is 19.5 Å². The van der Waals surface area contributed by atoms with Gasteiger partial charge in [0, 0.05) is 26.1 Å². The molecule has 23 heavy (non-hydrogen) atoms. The highest BCUT2D eigenvalue weighted by Crippen LogP contribution is 2.49. The second-order valence-corrected chi connectivity index (χ2v) is 7.22. The molecule has 0 bridgehead atoms. The Morgan fingerprint density at radius 1 is 1.17 bits per heavy atom. The van der Waals surface area contributed by atoms with Gasteiger partial charge in [-0.2, -0.15) is 0 Å². The molecule has 0 aromatic heterocycles. The number of carbonyl (C=O) groups excluding carboxylic acids is 2. The van der Waals surface area contributed by atoms with Gasteiger partial charge in [0.25, 0.3) is 0 Å². The zero-order chi connectivity index (χ0) is 16.6. The molecular formula is C17H26N2O4. The van der Waals surface area contributed by atoms with Crippen molar-refractivity contribution in [3.05, 3.63) is 0 Å². The van der Waals surface area contributed by atoms with E-state index in [-0.39, 0.29) is 23.8 Å². The van der Waals surface area contributed by atoms with Crippen molar-refractivity contribution in [3.8, 4) is 0 Å². The van der Waals surface area contributed by atoms with E-state index in [1.807, 2.05) is 6.92 Å². The summed E-state index contributed by atoms with van der Waals surface area (Å²) in [5.74, 6) is -0.708. The van der Waals surface area contributed by atoms with Gasteiger partial charge in [-0.1, -0.05) is 13.3 Å². The number of likely N-dealkylation sites (tertiary alicyclic amines) is 2. The van der Waals surface area contributed by atoms with Gasteiger partial charge in [-0.05, 0) is 38.0 Å². The number of aliphatic carboxylic acids is 1. The second kappa shape index (κ2) is 6.13. The van der Waals surface area contributed by atoms with E-state index in [1.54, 1.807) is 9.80 Å². The van der Waals surface area contributed by atoms with Crippen molar-refractivity contribution in [2.75, 3.05) is 19.6 Å². The largest absolute Gasteiger partial charge is 0.481 e. The molecule has 1 aliphatic carbocycles. The van der Waals surface area contributed by atoms with Crippen LogP contribution in [0.4, 0.5) is 0 Å². The lowest BCUT2D eigenvalue weighted by Gasteiger charge is -2.37. The molecule has 2 amide bonds. The van der Waals surface area contributed by atoms with Crippen LogP contribution < -0.4 is 0 Å². The van der Waals surface area contributed by atoms with E-state index in [0.29, 0.717) is 38.9 Å². The van der Waals surface area contributed by atoms with Crippen LogP contribution in [-0.2, 0) is 14.4 Å². The molecule has 3 atom stereocenters. The van der Waals surface area contributed by atoms with E-state index in [1.165, 1.54) is 0 Å². The van der Waals surface area contributed by atoms with Gasteiger partial charge in [-0.3, -0.25) is 14.4 Å². The number of piperidine rings is 1. The van der Waals surface area contributed by atoms with Crippen molar-refractivity contribution in [2.45, 2.75) is 57.9 Å². The third-order valence-corrected chi connectivity index (χ3v) is 6.02. The summed E-state index contributed by atoms with van der Waals surface area (Å²) in [6.45, 7) is 3.31. The monoisotopic (exact) mass is 322 g/mol. The van der Waals surface area contributed by atoms with Crippen LogP contribution in [0.5, 0.6) is 0 Å². The van der Waals surface area contributed by atoms with Gasteiger partial charge in [-0.15, -0.1) is 0 Å². The molecule has 3 aliphatic rings. The Morgan fingerprint density at radius 2 is 1.96 bits per heavy atom. The highest BCUT2D eigenvalue weighted by atomic mass is 16.4. The number of hydrogen-bond acceptors (Lipinski definition) is 3. The first-order valence-electron chi connectivity index (χ1n) is 8.81. The number of hydrogen-bond donors (Lipinski definition) is 1. The Morgan fingerprint density at radius 3 is 2.61 bits per heavy atom. The van der Waals surface area contributed by atoms with E-state index in [4.69, 9.17) is 0 Å². The molecule has 1 unspecified atom stereocenters. The SMILES string of the molecule is CCC(=O)N1CCCCC1C(=O)N1C[C@@H]2CCC[C@@]2(C(=O)O)C1. The molecule has 1 N–H and O–H groups in total. The third kappa shape index (κ3) is 2.62. The molecular weight excluding hydrogens is 296 g/mol. The summed E-state index contributed by atoms with van der Waals surface area (Å²) in [6, 6.07) is -0.388. The lowest BCUT2D eigenvalue weighted by molar-refractivity contribution is -0.151. The number of amides is 2. The van der Waals surface area contributed by atoms with Crippen LogP contribution in [0.25, 0.3) is 0 Å². The normalized spacial score (nSPS) is 33.6. The maximum Gasteiger partial charge on any atom is 0.311 e. The van der Waals surface area contributed by atoms with Gasteiger partial charge >= 0.3 is 5.97 Å². The van der Waals surface area contributed by atoms with Crippen LogP contribution >= 0.6 is 0 Å². The summed E-state index contributed by atoms with van der Waals surface area (Å²) in [4.78, 5) is 40.3. The second-order valence-electron chi connectivity index (χ2n) is 7.22. The molecule has 0 aromatic carbocycles. The minimum atomic E-state index is -0.763. The summed E-state index contributed by atoms with van der Waals surface area (Å²) in [5.41, 5.74) is -0.746. The number of carbonyl (C=O) groups is 3. The summed E-state index contributed by atoms with van der Waals surface area (Å²) in [6.07, 6.45) is 5.49. The number of nitrogens with zero attached hydrogens (tertiary/aromatic N) is 2. The fraction of sp³-hybridized carbons (Fsp3) is 0.824. The topological polar surface area (TPSA) is 77.9 Å². The Kier molecular flexibility index (Phi) is 4.34. The van der Waals surface area contributed by atoms with E-state index >= 15 is 0 Å². The molecule has 2 aliphatic heterocycles. The molecule has 128 valence electrons. The number of carboxylic acids is 1. The summed E-state index contributed by atoms with van der Waals surface area (Å²) in [7, 11) is 0. The molecule has 1 saturated carbocycles. The van der Waals surface area contributed by atoms with Crippen LogP contribution in [-0.4, -0.2) is 58.4 Å². The fourth-order valence-corrected chi connectivity index (χ4v) is 4.71. The van der Waals surface area contributed by atoms with E-state index in [2.05, 4.69) is 0 Å². The predicted octanol–water partition coefficient (Wildman–Crippen LogP) is 1.49. The first kappa shape index (κ1) is 16.3. The Bertz CT molecular complexity index is 521.